The lowest BCUT2D eigenvalue weighted by Gasteiger charge is -2.30. The fourth-order valence-corrected chi connectivity index (χ4v) is 4.20. The van der Waals surface area contributed by atoms with Gasteiger partial charge in [0.05, 0.1) is 23.6 Å². The van der Waals surface area contributed by atoms with E-state index in [1.54, 1.807) is 0 Å². The molecule has 2 aliphatic rings. The predicted molar refractivity (Wildman–Crippen MR) is 110 cm³/mol. The Bertz CT molecular complexity index is 837. The molecule has 1 saturated heterocycles. The van der Waals surface area contributed by atoms with Crippen molar-refractivity contribution in [2.24, 2.45) is 5.92 Å². The second-order valence-corrected chi connectivity index (χ2v) is 8.12. The second kappa shape index (κ2) is 9.43. The lowest BCUT2D eigenvalue weighted by molar-refractivity contribution is 0.0841. The van der Waals surface area contributed by atoms with E-state index in [1.807, 2.05) is 6.07 Å². The van der Waals surface area contributed by atoms with E-state index in [1.165, 1.54) is 17.3 Å². The van der Waals surface area contributed by atoms with Gasteiger partial charge >= 0.3 is 0 Å². The van der Waals surface area contributed by atoms with E-state index < -0.39 is 6.10 Å². The fraction of sp³-hybridized carbons (Fsp3) is 0.500. The van der Waals surface area contributed by atoms with Crippen LogP contribution in [-0.2, 0) is 19.4 Å². The van der Waals surface area contributed by atoms with Crippen molar-refractivity contribution in [2.45, 2.75) is 31.9 Å². The Kier molecular flexibility index (Phi) is 6.49. The molecule has 4 rings (SSSR count). The van der Waals surface area contributed by atoms with Gasteiger partial charge < -0.3 is 15.7 Å². The van der Waals surface area contributed by atoms with Crippen LogP contribution in [0.1, 0.15) is 33.6 Å². The first kappa shape index (κ1) is 19.9. The average molecular weight is 396 g/mol. The van der Waals surface area contributed by atoms with Crippen molar-refractivity contribution >= 4 is 5.91 Å². The third kappa shape index (κ3) is 5.38. The monoisotopic (exact) mass is 395 g/mol. The van der Waals surface area contributed by atoms with E-state index in [-0.39, 0.29) is 12.5 Å². The number of rotatable bonds is 7. The molecule has 3 N–H and O–H groups in total. The molecule has 0 spiro atoms. The summed E-state index contributed by atoms with van der Waals surface area (Å²) < 4.78 is 0. The van der Waals surface area contributed by atoms with Crippen molar-refractivity contribution < 1.29 is 9.90 Å². The number of nitrogens with one attached hydrogen (secondary N) is 2. The van der Waals surface area contributed by atoms with Crippen LogP contribution in [0.5, 0.6) is 0 Å². The number of hydrogen-bond donors (Lipinski definition) is 3. The number of aliphatic hydroxyl groups excluding tert-OH is 1. The SMILES string of the molecule is O=C(NC[C@H](O)CN1CCc2ccccc2C1)c1cnnc(CC2CCNC2)c1. The molecule has 0 radical (unpaired) electrons. The number of aliphatic hydroxyl groups is 1. The van der Waals surface area contributed by atoms with Crippen molar-refractivity contribution in [1.82, 2.24) is 25.7 Å². The molecule has 2 atom stereocenters. The van der Waals surface area contributed by atoms with Crippen molar-refractivity contribution in [1.29, 1.82) is 0 Å². The van der Waals surface area contributed by atoms with Gasteiger partial charge in [0.2, 0.25) is 0 Å². The van der Waals surface area contributed by atoms with Gasteiger partial charge in [-0.05, 0) is 55.5 Å². The van der Waals surface area contributed by atoms with Crippen LogP contribution in [0.25, 0.3) is 0 Å². The standard InChI is InChI=1S/C22H29N5O2/c28-21(15-27-8-6-17-3-1-2-4-18(17)14-27)13-24-22(29)19-10-20(26-25-12-19)9-16-5-7-23-11-16/h1-4,10,12,16,21,23,28H,5-9,11,13-15H2,(H,24,29)/t16?,21-/m0/s1. The first-order chi connectivity index (χ1) is 14.2. The Labute approximate surface area is 171 Å². The van der Waals surface area contributed by atoms with Gasteiger partial charge in [-0.2, -0.15) is 10.2 Å². The third-order valence-corrected chi connectivity index (χ3v) is 5.80. The molecule has 2 aliphatic heterocycles. The molecule has 7 nitrogen and oxygen atoms in total. The maximum atomic E-state index is 12.5. The average Bonchev–Trinajstić information content (AvgIpc) is 3.25. The van der Waals surface area contributed by atoms with Crippen LogP contribution in [0, 0.1) is 5.92 Å². The normalized spacial score (nSPS) is 20.2. The molecule has 0 aliphatic carbocycles. The van der Waals surface area contributed by atoms with Gasteiger partial charge in [-0.25, -0.2) is 0 Å². The Morgan fingerprint density at radius 2 is 2.21 bits per heavy atom. The summed E-state index contributed by atoms with van der Waals surface area (Å²) in [5.41, 5.74) is 4.06. The van der Waals surface area contributed by atoms with E-state index in [9.17, 15) is 9.90 Å². The number of hydrogen-bond acceptors (Lipinski definition) is 6. The molecule has 29 heavy (non-hydrogen) atoms. The molecule has 1 aromatic heterocycles. The van der Waals surface area contributed by atoms with Gasteiger partial charge in [-0.1, -0.05) is 24.3 Å². The van der Waals surface area contributed by atoms with Crippen LogP contribution >= 0.6 is 0 Å². The Hall–Kier alpha value is -2.35. The smallest absolute Gasteiger partial charge is 0.253 e. The van der Waals surface area contributed by atoms with Crippen LogP contribution in [-0.4, -0.2) is 64.9 Å². The first-order valence-corrected chi connectivity index (χ1v) is 10.4. The van der Waals surface area contributed by atoms with E-state index in [0.29, 0.717) is 18.0 Å². The molecule has 3 heterocycles. The highest BCUT2D eigenvalue weighted by Gasteiger charge is 2.20. The molecule has 0 bridgehead atoms. The Morgan fingerprint density at radius 1 is 1.34 bits per heavy atom. The Morgan fingerprint density at radius 3 is 3.03 bits per heavy atom. The molecule has 0 saturated carbocycles. The summed E-state index contributed by atoms with van der Waals surface area (Å²) in [5, 5.41) is 24.7. The summed E-state index contributed by atoms with van der Waals surface area (Å²) in [6.07, 6.45) is 3.84. The van der Waals surface area contributed by atoms with Crippen molar-refractivity contribution in [3.8, 4) is 0 Å². The van der Waals surface area contributed by atoms with Gasteiger partial charge in [0.1, 0.15) is 0 Å². The molecular formula is C22H29N5O2. The van der Waals surface area contributed by atoms with E-state index in [4.69, 9.17) is 0 Å². The largest absolute Gasteiger partial charge is 0.390 e. The van der Waals surface area contributed by atoms with E-state index in [2.05, 4.69) is 50.0 Å². The summed E-state index contributed by atoms with van der Waals surface area (Å²) in [6.45, 7) is 4.57. The minimum atomic E-state index is -0.608. The highest BCUT2D eigenvalue weighted by Crippen LogP contribution is 2.18. The van der Waals surface area contributed by atoms with Crippen LogP contribution in [0.15, 0.2) is 36.5 Å². The summed E-state index contributed by atoms with van der Waals surface area (Å²) in [5.74, 6) is 0.341. The van der Waals surface area contributed by atoms with Gasteiger partial charge in [-0.3, -0.25) is 9.69 Å². The first-order valence-electron chi connectivity index (χ1n) is 10.4. The maximum absolute atomic E-state index is 12.5. The van der Waals surface area contributed by atoms with E-state index in [0.717, 1.165) is 51.1 Å². The predicted octanol–water partition coefficient (Wildman–Crippen LogP) is 0.778. The molecule has 1 amide bonds. The highest BCUT2D eigenvalue weighted by atomic mass is 16.3. The van der Waals surface area contributed by atoms with Crippen molar-refractivity contribution in [3.63, 3.8) is 0 Å². The third-order valence-electron chi connectivity index (χ3n) is 5.80. The van der Waals surface area contributed by atoms with Crippen LogP contribution in [0.2, 0.25) is 0 Å². The zero-order chi connectivity index (χ0) is 20.1. The molecule has 1 aromatic carbocycles. The van der Waals surface area contributed by atoms with Gasteiger partial charge in [-0.15, -0.1) is 0 Å². The Balaban J connectivity index is 1.25. The van der Waals surface area contributed by atoms with Gasteiger partial charge in [0.15, 0.2) is 0 Å². The van der Waals surface area contributed by atoms with Crippen molar-refractivity contribution in [2.75, 3.05) is 32.7 Å². The lowest BCUT2D eigenvalue weighted by Crippen LogP contribution is -2.42. The number of carbonyl (C=O) groups is 1. The molecule has 154 valence electrons. The number of nitrogens with zero attached hydrogens (tertiary/aromatic N) is 3. The topological polar surface area (TPSA) is 90.4 Å². The minimum Gasteiger partial charge on any atom is -0.390 e. The van der Waals surface area contributed by atoms with Crippen LogP contribution in [0.4, 0.5) is 0 Å². The van der Waals surface area contributed by atoms with Gasteiger partial charge in [0.25, 0.3) is 5.91 Å². The highest BCUT2D eigenvalue weighted by molar-refractivity contribution is 5.93. The zero-order valence-electron chi connectivity index (χ0n) is 16.7. The minimum absolute atomic E-state index is 0.214. The fourth-order valence-electron chi connectivity index (χ4n) is 4.20. The van der Waals surface area contributed by atoms with Crippen LogP contribution < -0.4 is 10.6 Å². The number of amides is 1. The molecule has 1 fully saturated rings. The summed E-state index contributed by atoms with van der Waals surface area (Å²) >= 11 is 0. The number of aromatic nitrogens is 2. The second-order valence-electron chi connectivity index (χ2n) is 8.12. The van der Waals surface area contributed by atoms with Crippen molar-refractivity contribution in [3.05, 3.63) is 58.9 Å². The molecular weight excluding hydrogens is 366 g/mol. The van der Waals surface area contributed by atoms with Crippen LogP contribution in [0.3, 0.4) is 0 Å². The number of benzene rings is 1. The summed E-state index contributed by atoms with van der Waals surface area (Å²) in [7, 11) is 0. The molecule has 7 heteroatoms. The maximum Gasteiger partial charge on any atom is 0.253 e. The number of carbonyl (C=O) groups excluding carboxylic acids is 1. The number of β-amino-alcohol motifs (C(OH)–C–C–N with tert-alkyl or cyclic N) is 1. The van der Waals surface area contributed by atoms with E-state index >= 15 is 0 Å². The van der Waals surface area contributed by atoms with Gasteiger partial charge in [0, 0.05) is 26.2 Å². The zero-order valence-corrected chi connectivity index (χ0v) is 16.7. The summed E-state index contributed by atoms with van der Waals surface area (Å²) in [4.78, 5) is 14.7. The quantitative estimate of drug-likeness (QED) is 0.642. The molecule has 2 aromatic rings. The number of fused-ring (bicyclic) bond motifs is 1. The lowest BCUT2D eigenvalue weighted by atomic mass is 10.00. The summed E-state index contributed by atoms with van der Waals surface area (Å²) in [6, 6.07) is 10.3. The molecule has 1 unspecified atom stereocenters.